The van der Waals surface area contributed by atoms with Crippen LogP contribution in [0.2, 0.25) is 0 Å². The molecule has 0 radical (unpaired) electrons. The first-order valence-corrected chi connectivity index (χ1v) is 9.86. The molecule has 0 bridgehead atoms. The van der Waals surface area contributed by atoms with Gasteiger partial charge in [0.1, 0.15) is 5.75 Å². The largest absolute Gasteiger partial charge is 0.497 e. The number of nitrogens with zero attached hydrogens (tertiary/aromatic N) is 2. The number of halogens is 1. The van der Waals surface area contributed by atoms with Gasteiger partial charge < -0.3 is 20.7 Å². The Kier molecular flexibility index (Phi) is 11.9. The number of hydrogen-bond donors (Lipinski definition) is 3. The molecule has 0 aromatic heterocycles. The van der Waals surface area contributed by atoms with E-state index in [1.807, 2.05) is 12.1 Å². The molecule has 1 fully saturated rings. The standard InChI is InChI=1S/C20H33N5O2.HI/c1-4-21-20(24-15-17-9-7-13-25(17)5-2)23-12-11-22-19(26)16-8-6-10-18(14-16)27-3;/h6,8,10,14,17H,4-5,7,9,11-13,15H2,1-3H3,(H,22,26)(H2,21,23,24);1H. The minimum Gasteiger partial charge on any atom is -0.497 e. The van der Waals surface area contributed by atoms with Gasteiger partial charge in [0.2, 0.25) is 0 Å². The number of guanidine groups is 1. The Hall–Kier alpha value is -1.55. The number of amides is 1. The first-order valence-electron chi connectivity index (χ1n) is 9.86. The van der Waals surface area contributed by atoms with Crippen molar-refractivity contribution in [3.63, 3.8) is 0 Å². The van der Waals surface area contributed by atoms with E-state index in [-0.39, 0.29) is 29.9 Å². The van der Waals surface area contributed by atoms with E-state index in [0.29, 0.717) is 30.4 Å². The first kappa shape index (κ1) is 24.5. The summed E-state index contributed by atoms with van der Waals surface area (Å²) in [5.41, 5.74) is 0.593. The van der Waals surface area contributed by atoms with E-state index in [4.69, 9.17) is 9.73 Å². The molecular formula is C20H34IN5O2. The SMILES string of the molecule is CCNC(=NCC1CCCN1CC)NCCNC(=O)c1cccc(OC)c1.I. The Morgan fingerprint density at radius 3 is 2.75 bits per heavy atom. The molecule has 1 unspecified atom stereocenters. The van der Waals surface area contributed by atoms with Gasteiger partial charge in [0.05, 0.1) is 13.7 Å². The van der Waals surface area contributed by atoms with Crippen molar-refractivity contribution in [2.45, 2.75) is 32.7 Å². The van der Waals surface area contributed by atoms with Gasteiger partial charge in [0, 0.05) is 31.2 Å². The minimum absolute atomic E-state index is 0. The molecule has 2 rings (SSSR count). The van der Waals surface area contributed by atoms with Gasteiger partial charge in [-0.25, -0.2) is 0 Å². The lowest BCUT2D eigenvalue weighted by molar-refractivity contribution is 0.0954. The predicted molar refractivity (Wildman–Crippen MR) is 125 cm³/mol. The Labute approximate surface area is 185 Å². The lowest BCUT2D eigenvalue weighted by Crippen LogP contribution is -2.42. The Bertz CT molecular complexity index is 626. The van der Waals surface area contributed by atoms with Gasteiger partial charge in [-0.2, -0.15) is 0 Å². The normalized spacial score (nSPS) is 17.0. The third-order valence-electron chi connectivity index (χ3n) is 4.74. The van der Waals surface area contributed by atoms with E-state index >= 15 is 0 Å². The van der Waals surface area contributed by atoms with Gasteiger partial charge in [0.15, 0.2) is 5.96 Å². The van der Waals surface area contributed by atoms with E-state index in [2.05, 4.69) is 34.7 Å². The second kappa shape index (κ2) is 13.6. The number of benzene rings is 1. The summed E-state index contributed by atoms with van der Waals surface area (Å²) in [6.07, 6.45) is 2.47. The molecule has 0 spiro atoms. The molecule has 1 heterocycles. The summed E-state index contributed by atoms with van der Waals surface area (Å²) < 4.78 is 5.15. The average Bonchev–Trinajstić information content (AvgIpc) is 3.16. The van der Waals surface area contributed by atoms with Crippen molar-refractivity contribution in [3.05, 3.63) is 29.8 Å². The summed E-state index contributed by atoms with van der Waals surface area (Å²) in [5.74, 6) is 1.37. The zero-order valence-corrected chi connectivity index (χ0v) is 19.5. The fourth-order valence-electron chi connectivity index (χ4n) is 3.28. The number of rotatable bonds is 9. The van der Waals surface area contributed by atoms with Gasteiger partial charge >= 0.3 is 0 Å². The van der Waals surface area contributed by atoms with Crippen LogP contribution < -0.4 is 20.7 Å². The number of nitrogens with one attached hydrogen (secondary N) is 3. The van der Waals surface area contributed by atoms with Crippen molar-refractivity contribution in [2.75, 3.05) is 46.4 Å². The fraction of sp³-hybridized carbons (Fsp3) is 0.600. The Morgan fingerprint density at radius 1 is 1.25 bits per heavy atom. The van der Waals surface area contributed by atoms with Crippen LogP contribution in [-0.4, -0.2) is 69.2 Å². The second-order valence-electron chi connectivity index (χ2n) is 6.56. The van der Waals surface area contributed by atoms with E-state index in [1.165, 1.54) is 19.4 Å². The zero-order valence-electron chi connectivity index (χ0n) is 17.2. The molecular weight excluding hydrogens is 469 g/mol. The number of aliphatic imine (C=N–C) groups is 1. The molecule has 1 atom stereocenters. The zero-order chi connectivity index (χ0) is 19.5. The molecule has 1 aliphatic heterocycles. The summed E-state index contributed by atoms with van der Waals surface area (Å²) in [6.45, 7) is 9.27. The summed E-state index contributed by atoms with van der Waals surface area (Å²) in [6, 6.07) is 7.68. The molecule has 1 aliphatic rings. The average molecular weight is 503 g/mol. The van der Waals surface area contributed by atoms with Crippen molar-refractivity contribution in [3.8, 4) is 5.75 Å². The third-order valence-corrected chi connectivity index (χ3v) is 4.74. The van der Waals surface area contributed by atoms with E-state index in [9.17, 15) is 4.79 Å². The van der Waals surface area contributed by atoms with Gasteiger partial charge in [-0.05, 0) is 51.1 Å². The van der Waals surface area contributed by atoms with Crippen LogP contribution in [-0.2, 0) is 0 Å². The van der Waals surface area contributed by atoms with Crippen molar-refractivity contribution in [2.24, 2.45) is 4.99 Å². The highest BCUT2D eigenvalue weighted by atomic mass is 127. The lowest BCUT2D eigenvalue weighted by Gasteiger charge is -2.21. The molecule has 8 heteroatoms. The van der Waals surface area contributed by atoms with Crippen LogP contribution >= 0.6 is 24.0 Å². The smallest absolute Gasteiger partial charge is 0.251 e. The molecule has 158 valence electrons. The van der Waals surface area contributed by atoms with Crippen LogP contribution in [0.1, 0.15) is 37.0 Å². The molecule has 0 aliphatic carbocycles. The molecule has 1 aromatic carbocycles. The topological polar surface area (TPSA) is 78.0 Å². The molecule has 3 N–H and O–H groups in total. The number of carbonyl (C=O) groups is 1. The van der Waals surface area contributed by atoms with Crippen LogP contribution in [0, 0.1) is 0 Å². The van der Waals surface area contributed by atoms with Crippen molar-refractivity contribution < 1.29 is 9.53 Å². The fourth-order valence-corrected chi connectivity index (χ4v) is 3.28. The quantitative estimate of drug-likeness (QED) is 0.208. The van der Waals surface area contributed by atoms with Crippen molar-refractivity contribution in [1.82, 2.24) is 20.9 Å². The van der Waals surface area contributed by atoms with Crippen LogP contribution in [0.4, 0.5) is 0 Å². The van der Waals surface area contributed by atoms with Crippen LogP contribution in [0.3, 0.4) is 0 Å². The van der Waals surface area contributed by atoms with Gasteiger partial charge in [-0.15, -0.1) is 24.0 Å². The maximum absolute atomic E-state index is 12.2. The number of methoxy groups -OCH3 is 1. The number of ether oxygens (including phenoxy) is 1. The molecule has 0 saturated carbocycles. The Balaban J connectivity index is 0.00000392. The lowest BCUT2D eigenvalue weighted by atomic mass is 10.2. The maximum Gasteiger partial charge on any atom is 0.251 e. The highest BCUT2D eigenvalue weighted by Gasteiger charge is 2.22. The van der Waals surface area contributed by atoms with E-state index < -0.39 is 0 Å². The molecule has 7 nitrogen and oxygen atoms in total. The predicted octanol–water partition coefficient (Wildman–Crippen LogP) is 2.08. The van der Waals surface area contributed by atoms with E-state index in [0.717, 1.165) is 25.6 Å². The number of likely N-dealkylation sites (N-methyl/N-ethyl adjacent to an activating group) is 1. The van der Waals surface area contributed by atoms with Crippen molar-refractivity contribution in [1.29, 1.82) is 0 Å². The van der Waals surface area contributed by atoms with Crippen LogP contribution in [0.15, 0.2) is 29.3 Å². The molecule has 1 saturated heterocycles. The molecule has 28 heavy (non-hydrogen) atoms. The monoisotopic (exact) mass is 503 g/mol. The first-order chi connectivity index (χ1) is 13.2. The summed E-state index contributed by atoms with van der Waals surface area (Å²) in [5, 5.41) is 9.47. The number of hydrogen-bond acceptors (Lipinski definition) is 4. The van der Waals surface area contributed by atoms with E-state index in [1.54, 1.807) is 19.2 Å². The van der Waals surface area contributed by atoms with Crippen molar-refractivity contribution >= 4 is 35.8 Å². The summed E-state index contributed by atoms with van der Waals surface area (Å²) in [4.78, 5) is 19.4. The van der Waals surface area contributed by atoms with Crippen LogP contribution in [0.5, 0.6) is 5.75 Å². The van der Waals surface area contributed by atoms with Gasteiger partial charge in [-0.1, -0.05) is 13.0 Å². The van der Waals surface area contributed by atoms with Crippen LogP contribution in [0.25, 0.3) is 0 Å². The summed E-state index contributed by atoms with van der Waals surface area (Å²) in [7, 11) is 1.59. The highest BCUT2D eigenvalue weighted by molar-refractivity contribution is 14.0. The maximum atomic E-state index is 12.2. The third kappa shape index (κ3) is 7.83. The van der Waals surface area contributed by atoms with Gasteiger partial charge in [-0.3, -0.25) is 14.7 Å². The highest BCUT2D eigenvalue weighted by Crippen LogP contribution is 2.16. The minimum atomic E-state index is -0.109. The van der Waals surface area contributed by atoms with Gasteiger partial charge in [0.25, 0.3) is 5.91 Å². The summed E-state index contributed by atoms with van der Waals surface area (Å²) >= 11 is 0. The number of likely N-dealkylation sites (tertiary alicyclic amines) is 1. The molecule has 1 aromatic rings. The number of carbonyl (C=O) groups excluding carboxylic acids is 1. The second-order valence-corrected chi connectivity index (χ2v) is 6.56. The molecule has 1 amide bonds. The Morgan fingerprint density at radius 2 is 2.04 bits per heavy atom.